The van der Waals surface area contributed by atoms with Crippen molar-refractivity contribution >= 4 is 28.6 Å². The van der Waals surface area contributed by atoms with E-state index in [0.717, 1.165) is 9.13 Å². The van der Waals surface area contributed by atoms with Crippen molar-refractivity contribution in [1.29, 1.82) is 0 Å². The Hall–Kier alpha value is -1.28. The summed E-state index contributed by atoms with van der Waals surface area (Å²) in [5.41, 5.74) is 0.317. The Bertz CT molecular complexity index is 628. The van der Waals surface area contributed by atoms with E-state index >= 15 is 0 Å². The van der Waals surface area contributed by atoms with Crippen molar-refractivity contribution in [1.82, 2.24) is 0 Å². The molecule has 1 aromatic carbocycles. The van der Waals surface area contributed by atoms with Gasteiger partial charge in [-0.3, -0.25) is 0 Å². The summed E-state index contributed by atoms with van der Waals surface area (Å²) in [5, 5.41) is 0. The second-order valence-corrected chi connectivity index (χ2v) is 7.04. The van der Waals surface area contributed by atoms with Gasteiger partial charge in [0.25, 0.3) is 0 Å². The molecule has 0 fully saturated rings. The van der Waals surface area contributed by atoms with Crippen molar-refractivity contribution in [3.63, 3.8) is 0 Å². The molecule has 0 bridgehead atoms. The zero-order valence-corrected chi connectivity index (χ0v) is 17.9. The third-order valence-electron chi connectivity index (χ3n) is 3.86. The first-order valence-corrected chi connectivity index (χ1v) is 9.31. The van der Waals surface area contributed by atoms with Gasteiger partial charge in [0.1, 0.15) is 17.1 Å². The van der Waals surface area contributed by atoms with Crippen LogP contribution in [0.25, 0.3) is 0 Å². The van der Waals surface area contributed by atoms with Crippen LogP contribution in [0.1, 0.15) is 46.6 Å². The summed E-state index contributed by atoms with van der Waals surface area (Å²) in [6.07, 6.45) is 0.224. The normalized spacial score (nSPS) is 14.4. The second-order valence-electron chi connectivity index (χ2n) is 5.88. The summed E-state index contributed by atoms with van der Waals surface area (Å²) in [6.45, 7) is 13.4. The monoisotopic (exact) mass is 462 g/mol. The Labute approximate surface area is 163 Å². The van der Waals surface area contributed by atoms with E-state index in [-0.39, 0.29) is 6.29 Å². The average Bonchev–Trinajstić information content (AvgIpc) is 2.56. The van der Waals surface area contributed by atoms with E-state index in [2.05, 4.69) is 29.2 Å². The molecule has 0 saturated carbocycles. The van der Waals surface area contributed by atoms with Crippen LogP contribution in [-0.2, 0) is 19.9 Å². The summed E-state index contributed by atoms with van der Waals surface area (Å²) in [5.74, 6) is 0.830. The number of methoxy groups -OCH3 is 1. The van der Waals surface area contributed by atoms with Crippen LogP contribution in [0.15, 0.2) is 24.3 Å². The molecule has 0 aliphatic rings. The molecular weight excluding hydrogens is 435 g/mol. The molecule has 0 aliphatic heterocycles. The van der Waals surface area contributed by atoms with Crippen LogP contribution in [0.4, 0.5) is 0 Å². The maximum absolute atomic E-state index is 12.1. The van der Waals surface area contributed by atoms with Gasteiger partial charge in [-0.25, -0.2) is 4.79 Å². The van der Waals surface area contributed by atoms with Gasteiger partial charge in [0, 0.05) is 23.8 Å². The van der Waals surface area contributed by atoms with Crippen molar-refractivity contribution < 1.29 is 23.7 Å². The Kier molecular flexibility index (Phi) is 8.21. The number of carbonyl (C=O) groups is 1. The molecule has 5 nitrogen and oxygen atoms in total. The molecule has 6 heteroatoms. The van der Waals surface area contributed by atoms with E-state index in [1.807, 2.05) is 33.8 Å². The lowest BCUT2D eigenvalue weighted by Gasteiger charge is -2.31. The quantitative estimate of drug-likeness (QED) is 0.228. The molecule has 0 aromatic heterocycles. The van der Waals surface area contributed by atoms with E-state index < -0.39 is 11.6 Å². The minimum absolute atomic E-state index is 0.360. The van der Waals surface area contributed by atoms with Gasteiger partial charge in [-0.1, -0.05) is 13.5 Å². The summed E-state index contributed by atoms with van der Waals surface area (Å²) in [4.78, 5) is 12.1. The van der Waals surface area contributed by atoms with E-state index in [0.29, 0.717) is 30.1 Å². The maximum Gasteiger partial charge on any atom is 0.333 e. The number of hydrogen-bond donors (Lipinski definition) is 0. The zero-order chi connectivity index (χ0) is 19.2. The van der Waals surface area contributed by atoms with Crippen LogP contribution in [0, 0.1) is 3.57 Å². The molecule has 140 valence electrons. The van der Waals surface area contributed by atoms with Gasteiger partial charge in [-0.2, -0.15) is 0 Å². The standard InChI is InChI=1S/C19H27IO5/c1-8-19(6,25-18(21)12(3)4)14-10-15(20)17(11-16(14)22-7)24-13(5)23-9-2/h10-11,13H,3,8-9H2,1-2,4-7H3. The number of hydrogen-bond acceptors (Lipinski definition) is 5. The molecule has 0 radical (unpaired) electrons. The van der Waals surface area contributed by atoms with Gasteiger partial charge in [0.05, 0.1) is 10.7 Å². The lowest BCUT2D eigenvalue weighted by molar-refractivity contribution is -0.154. The van der Waals surface area contributed by atoms with E-state index in [4.69, 9.17) is 18.9 Å². The van der Waals surface area contributed by atoms with Gasteiger partial charge in [0.15, 0.2) is 6.29 Å². The smallest absolute Gasteiger partial charge is 0.333 e. The molecular formula is C19H27IO5. The summed E-state index contributed by atoms with van der Waals surface area (Å²) in [7, 11) is 1.58. The molecule has 0 heterocycles. The van der Waals surface area contributed by atoms with Gasteiger partial charge in [-0.05, 0) is 62.8 Å². The summed E-state index contributed by atoms with van der Waals surface area (Å²) >= 11 is 2.19. The van der Waals surface area contributed by atoms with Crippen LogP contribution < -0.4 is 9.47 Å². The molecule has 1 aromatic rings. The van der Waals surface area contributed by atoms with Gasteiger partial charge in [-0.15, -0.1) is 0 Å². The van der Waals surface area contributed by atoms with Crippen molar-refractivity contribution in [2.45, 2.75) is 52.9 Å². The van der Waals surface area contributed by atoms with Crippen LogP contribution in [0.3, 0.4) is 0 Å². The van der Waals surface area contributed by atoms with Gasteiger partial charge < -0.3 is 18.9 Å². The maximum atomic E-state index is 12.1. The zero-order valence-electron chi connectivity index (χ0n) is 15.8. The van der Waals surface area contributed by atoms with E-state index in [1.165, 1.54) is 0 Å². The first-order chi connectivity index (χ1) is 11.7. The van der Waals surface area contributed by atoms with Crippen molar-refractivity contribution in [3.8, 4) is 11.5 Å². The van der Waals surface area contributed by atoms with Crippen LogP contribution >= 0.6 is 22.6 Å². The fourth-order valence-corrected chi connectivity index (χ4v) is 2.86. The fraction of sp³-hybridized carbons (Fsp3) is 0.526. The third-order valence-corrected chi connectivity index (χ3v) is 4.70. The largest absolute Gasteiger partial charge is 0.496 e. The molecule has 0 aliphatic carbocycles. The predicted octanol–water partition coefficient (Wildman–Crippen LogP) is 4.81. The molecule has 2 unspecified atom stereocenters. The highest BCUT2D eigenvalue weighted by Gasteiger charge is 2.33. The first kappa shape index (κ1) is 21.8. The minimum atomic E-state index is -0.828. The number of ether oxygens (including phenoxy) is 4. The second kappa shape index (κ2) is 9.43. The van der Waals surface area contributed by atoms with Crippen LogP contribution in [0.2, 0.25) is 0 Å². The summed E-state index contributed by atoms with van der Waals surface area (Å²) in [6, 6.07) is 3.72. The molecule has 0 N–H and O–H groups in total. The molecule has 2 atom stereocenters. The number of benzene rings is 1. The molecule has 1 rings (SSSR count). The van der Waals surface area contributed by atoms with Gasteiger partial charge in [0.2, 0.25) is 0 Å². The lowest BCUT2D eigenvalue weighted by atomic mass is 9.91. The highest BCUT2D eigenvalue weighted by molar-refractivity contribution is 14.1. The number of rotatable bonds is 9. The van der Waals surface area contributed by atoms with E-state index in [9.17, 15) is 4.79 Å². The molecule has 0 amide bonds. The highest BCUT2D eigenvalue weighted by Crippen LogP contribution is 2.40. The van der Waals surface area contributed by atoms with Crippen LogP contribution in [0.5, 0.6) is 11.5 Å². The number of esters is 1. The van der Waals surface area contributed by atoms with E-state index in [1.54, 1.807) is 20.1 Å². The number of carbonyl (C=O) groups excluding carboxylic acids is 1. The topological polar surface area (TPSA) is 54.0 Å². The average molecular weight is 462 g/mol. The SMILES string of the molecule is C=C(C)C(=O)OC(C)(CC)c1cc(I)c(OC(C)OCC)cc1OC. The predicted molar refractivity (Wildman–Crippen MR) is 106 cm³/mol. The Morgan fingerprint density at radius 2 is 1.96 bits per heavy atom. The molecule has 0 spiro atoms. The Balaban J connectivity index is 3.27. The summed E-state index contributed by atoms with van der Waals surface area (Å²) < 4.78 is 23.4. The Morgan fingerprint density at radius 3 is 2.44 bits per heavy atom. The Morgan fingerprint density at radius 1 is 1.32 bits per heavy atom. The third kappa shape index (κ3) is 5.60. The van der Waals surface area contributed by atoms with Crippen molar-refractivity contribution in [3.05, 3.63) is 33.4 Å². The van der Waals surface area contributed by atoms with Gasteiger partial charge >= 0.3 is 5.97 Å². The van der Waals surface area contributed by atoms with Crippen LogP contribution in [-0.4, -0.2) is 26.0 Å². The lowest BCUT2D eigenvalue weighted by Crippen LogP contribution is -2.29. The first-order valence-electron chi connectivity index (χ1n) is 8.23. The molecule has 0 saturated heterocycles. The molecule has 25 heavy (non-hydrogen) atoms. The van der Waals surface area contributed by atoms with Crippen molar-refractivity contribution in [2.24, 2.45) is 0 Å². The van der Waals surface area contributed by atoms with Crippen molar-refractivity contribution in [2.75, 3.05) is 13.7 Å². The number of halogens is 1. The fourth-order valence-electron chi connectivity index (χ4n) is 2.26. The minimum Gasteiger partial charge on any atom is -0.496 e. The highest BCUT2D eigenvalue weighted by atomic mass is 127.